The van der Waals surface area contributed by atoms with Crippen molar-refractivity contribution >= 4 is 0 Å². The van der Waals surface area contributed by atoms with Gasteiger partial charge in [-0.25, -0.2) is 4.98 Å². The number of nitrogens with one attached hydrogen (secondary N) is 1. The molecule has 0 saturated carbocycles. The van der Waals surface area contributed by atoms with Gasteiger partial charge in [0.05, 0.1) is 7.11 Å². The molecular weight excluding hydrogens is 220 g/mol. The van der Waals surface area contributed by atoms with Crippen LogP contribution in [0.5, 0.6) is 5.88 Å². The van der Waals surface area contributed by atoms with Gasteiger partial charge in [-0.15, -0.1) is 10.2 Å². The van der Waals surface area contributed by atoms with E-state index in [1.165, 1.54) is 13.2 Å². The van der Waals surface area contributed by atoms with Crippen LogP contribution in [0, 0.1) is 0 Å². The van der Waals surface area contributed by atoms with Gasteiger partial charge in [0.2, 0.25) is 5.88 Å². The first-order chi connectivity index (χ1) is 8.22. The Hall–Kier alpha value is -2.24. The third kappa shape index (κ3) is 2.47. The van der Waals surface area contributed by atoms with E-state index in [0.29, 0.717) is 23.8 Å². The van der Waals surface area contributed by atoms with Crippen molar-refractivity contribution in [3.05, 3.63) is 34.2 Å². The van der Waals surface area contributed by atoms with Gasteiger partial charge in [0.25, 0.3) is 5.56 Å². The normalized spacial score (nSPS) is 10.2. The first-order valence-electron chi connectivity index (χ1n) is 5.21. The molecule has 0 unspecified atom stereocenters. The Morgan fingerprint density at radius 1 is 1.35 bits per heavy atom. The Balaban J connectivity index is 2.44. The monoisotopic (exact) mass is 232 g/mol. The molecule has 0 spiro atoms. The highest BCUT2D eigenvalue weighted by Gasteiger charge is 2.05. The lowest BCUT2D eigenvalue weighted by atomic mass is 10.3. The second kappa shape index (κ2) is 4.73. The van der Waals surface area contributed by atoms with E-state index in [0.717, 1.165) is 5.69 Å². The molecule has 0 radical (unpaired) electrons. The minimum Gasteiger partial charge on any atom is -0.480 e. The Morgan fingerprint density at radius 3 is 2.76 bits per heavy atom. The largest absolute Gasteiger partial charge is 0.480 e. The van der Waals surface area contributed by atoms with Gasteiger partial charge in [-0.2, -0.15) is 0 Å². The molecular formula is C11H12N4O2. The van der Waals surface area contributed by atoms with Crippen molar-refractivity contribution in [2.75, 3.05) is 7.11 Å². The van der Waals surface area contributed by atoms with E-state index in [-0.39, 0.29) is 5.56 Å². The second-order valence-electron chi connectivity index (χ2n) is 3.40. The van der Waals surface area contributed by atoms with Crippen LogP contribution in [0.2, 0.25) is 0 Å². The van der Waals surface area contributed by atoms with E-state index in [1.807, 2.05) is 6.92 Å². The standard InChI is InChI=1S/C11H12N4O2/c1-3-7-6-9(16)13-11(12-7)8-4-5-10(17-2)15-14-8/h4-6H,3H2,1-2H3,(H,12,13,16). The lowest BCUT2D eigenvalue weighted by Gasteiger charge is -2.02. The van der Waals surface area contributed by atoms with Crippen molar-refractivity contribution in [1.82, 2.24) is 20.2 Å². The van der Waals surface area contributed by atoms with E-state index < -0.39 is 0 Å². The SMILES string of the molecule is CCc1cc(=O)[nH]c(-c2ccc(OC)nn2)n1. The van der Waals surface area contributed by atoms with Gasteiger partial charge in [-0.1, -0.05) is 6.92 Å². The average molecular weight is 232 g/mol. The molecule has 2 aromatic heterocycles. The van der Waals surface area contributed by atoms with Crippen molar-refractivity contribution in [1.29, 1.82) is 0 Å². The maximum absolute atomic E-state index is 11.4. The number of aryl methyl sites for hydroxylation is 1. The summed E-state index contributed by atoms with van der Waals surface area (Å²) in [4.78, 5) is 18.3. The number of aromatic nitrogens is 4. The molecule has 0 aliphatic heterocycles. The Kier molecular flexibility index (Phi) is 3.13. The predicted molar refractivity (Wildman–Crippen MR) is 61.8 cm³/mol. The molecule has 88 valence electrons. The molecule has 0 aromatic carbocycles. The molecule has 6 heteroatoms. The molecule has 1 N–H and O–H groups in total. The van der Waals surface area contributed by atoms with Crippen LogP contribution in [0.3, 0.4) is 0 Å². The van der Waals surface area contributed by atoms with Crippen LogP contribution >= 0.6 is 0 Å². The molecule has 0 aliphatic rings. The van der Waals surface area contributed by atoms with Crippen LogP contribution in [0.4, 0.5) is 0 Å². The van der Waals surface area contributed by atoms with Crippen molar-refractivity contribution < 1.29 is 4.74 Å². The van der Waals surface area contributed by atoms with Gasteiger partial charge < -0.3 is 9.72 Å². The van der Waals surface area contributed by atoms with Crippen LogP contribution in [0.15, 0.2) is 23.0 Å². The highest BCUT2D eigenvalue weighted by molar-refractivity contribution is 5.48. The summed E-state index contributed by atoms with van der Waals surface area (Å²) in [6.07, 6.45) is 0.695. The average Bonchev–Trinajstić information content (AvgIpc) is 2.38. The van der Waals surface area contributed by atoms with Crippen LogP contribution in [-0.4, -0.2) is 27.3 Å². The van der Waals surface area contributed by atoms with Crippen molar-refractivity contribution in [3.8, 4) is 17.4 Å². The van der Waals surface area contributed by atoms with Crippen molar-refractivity contribution in [3.63, 3.8) is 0 Å². The zero-order valence-electron chi connectivity index (χ0n) is 9.60. The molecule has 0 saturated heterocycles. The highest BCUT2D eigenvalue weighted by Crippen LogP contribution is 2.12. The molecule has 17 heavy (non-hydrogen) atoms. The maximum Gasteiger partial charge on any atom is 0.251 e. The molecule has 0 bridgehead atoms. The fraction of sp³-hybridized carbons (Fsp3) is 0.273. The highest BCUT2D eigenvalue weighted by atomic mass is 16.5. The number of methoxy groups -OCH3 is 1. The van der Waals surface area contributed by atoms with Crippen molar-refractivity contribution in [2.45, 2.75) is 13.3 Å². The van der Waals surface area contributed by atoms with E-state index in [1.54, 1.807) is 12.1 Å². The summed E-state index contributed by atoms with van der Waals surface area (Å²) in [6.45, 7) is 1.94. The summed E-state index contributed by atoms with van der Waals surface area (Å²) in [7, 11) is 1.52. The minimum absolute atomic E-state index is 0.190. The number of nitrogens with zero attached hydrogens (tertiary/aromatic N) is 3. The Labute approximate surface area is 97.7 Å². The first-order valence-corrected chi connectivity index (χ1v) is 5.21. The third-order valence-electron chi connectivity index (χ3n) is 2.25. The third-order valence-corrected chi connectivity index (χ3v) is 2.25. The topological polar surface area (TPSA) is 80.8 Å². The lowest BCUT2D eigenvalue weighted by Crippen LogP contribution is -2.10. The van der Waals surface area contributed by atoms with E-state index in [4.69, 9.17) is 4.74 Å². The smallest absolute Gasteiger partial charge is 0.251 e. The summed E-state index contributed by atoms with van der Waals surface area (Å²) in [5.74, 6) is 0.840. The minimum atomic E-state index is -0.190. The molecule has 6 nitrogen and oxygen atoms in total. The van der Waals surface area contributed by atoms with E-state index in [2.05, 4.69) is 20.2 Å². The summed E-state index contributed by atoms with van der Waals surface area (Å²) in [5, 5.41) is 7.75. The fourth-order valence-corrected chi connectivity index (χ4v) is 1.37. The molecule has 2 aromatic rings. The van der Waals surface area contributed by atoms with Crippen LogP contribution in [0.25, 0.3) is 11.5 Å². The molecule has 2 heterocycles. The Bertz CT molecular complexity index is 562. The number of rotatable bonds is 3. The number of ether oxygens (including phenoxy) is 1. The summed E-state index contributed by atoms with van der Waals surface area (Å²) in [5.41, 5.74) is 1.05. The molecule has 0 aliphatic carbocycles. The van der Waals surface area contributed by atoms with Gasteiger partial charge in [-0.05, 0) is 12.5 Å². The van der Waals surface area contributed by atoms with Gasteiger partial charge in [-0.3, -0.25) is 4.79 Å². The van der Waals surface area contributed by atoms with Gasteiger partial charge in [0, 0.05) is 17.8 Å². The fourth-order valence-electron chi connectivity index (χ4n) is 1.37. The quantitative estimate of drug-likeness (QED) is 0.846. The van der Waals surface area contributed by atoms with Gasteiger partial charge in [0.1, 0.15) is 5.69 Å². The Morgan fingerprint density at radius 2 is 2.18 bits per heavy atom. The number of aromatic amines is 1. The lowest BCUT2D eigenvalue weighted by molar-refractivity contribution is 0.392. The zero-order valence-corrected chi connectivity index (χ0v) is 9.60. The molecule has 0 atom stereocenters. The number of hydrogen-bond donors (Lipinski definition) is 1. The molecule has 0 fully saturated rings. The van der Waals surface area contributed by atoms with E-state index in [9.17, 15) is 4.79 Å². The van der Waals surface area contributed by atoms with Gasteiger partial charge in [0.15, 0.2) is 5.82 Å². The van der Waals surface area contributed by atoms with Gasteiger partial charge >= 0.3 is 0 Å². The predicted octanol–water partition coefficient (Wildman–Crippen LogP) is 0.798. The summed E-state index contributed by atoms with van der Waals surface area (Å²) < 4.78 is 4.91. The van der Waals surface area contributed by atoms with Crippen molar-refractivity contribution in [2.24, 2.45) is 0 Å². The summed E-state index contributed by atoms with van der Waals surface area (Å²) in [6, 6.07) is 4.84. The zero-order chi connectivity index (χ0) is 12.3. The van der Waals surface area contributed by atoms with Crippen LogP contribution in [0.1, 0.15) is 12.6 Å². The maximum atomic E-state index is 11.4. The first kappa shape index (κ1) is 11.3. The number of hydrogen-bond acceptors (Lipinski definition) is 5. The summed E-state index contributed by atoms with van der Waals surface area (Å²) >= 11 is 0. The molecule has 2 rings (SSSR count). The van der Waals surface area contributed by atoms with Crippen LogP contribution in [-0.2, 0) is 6.42 Å². The second-order valence-corrected chi connectivity index (χ2v) is 3.40. The van der Waals surface area contributed by atoms with E-state index >= 15 is 0 Å². The number of H-pyrrole nitrogens is 1. The molecule has 0 amide bonds. The van der Waals surface area contributed by atoms with Crippen LogP contribution < -0.4 is 10.3 Å².